The summed E-state index contributed by atoms with van der Waals surface area (Å²) in [7, 11) is 1.81. The molecular weight excluding hydrogens is 392 g/mol. The number of rotatable bonds is 5. The first kappa shape index (κ1) is 19.3. The van der Waals surface area contributed by atoms with Crippen LogP contribution in [-0.4, -0.2) is 37.9 Å². The SMILES string of the molecule is CCn1c(=O)c2cnc(Nc3ccc4c(c3)CNCC4)nc2n1-c1cccc(NC)n1. The molecule has 0 unspecified atom stereocenters. The summed E-state index contributed by atoms with van der Waals surface area (Å²) in [5.41, 5.74) is 3.94. The lowest BCUT2D eigenvalue weighted by molar-refractivity contribution is 0.568. The van der Waals surface area contributed by atoms with Crippen molar-refractivity contribution in [2.45, 2.75) is 26.4 Å². The van der Waals surface area contributed by atoms with Crippen molar-refractivity contribution >= 4 is 28.5 Å². The van der Waals surface area contributed by atoms with E-state index in [9.17, 15) is 4.79 Å². The zero-order chi connectivity index (χ0) is 21.4. The summed E-state index contributed by atoms with van der Waals surface area (Å²) in [4.78, 5) is 26.6. The van der Waals surface area contributed by atoms with Gasteiger partial charge in [-0.15, -0.1) is 0 Å². The van der Waals surface area contributed by atoms with E-state index < -0.39 is 0 Å². The minimum Gasteiger partial charge on any atom is -0.373 e. The second kappa shape index (κ2) is 7.84. The predicted molar refractivity (Wildman–Crippen MR) is 121 cm³/mol. The molecule has 0 aliphatic carbocycles. The van der Waals surface area contributed by atoms with Crippen molar-refractivity contribution in [1.29, 1.82) is 0 Å². The van der Waals surface area contributed by atoms with Gasteiger partial charge in [0.05, 0.1) is 0 Å². The topological polar surface area (TPSA) is 102 Å². The summed E-state index contributed by atoms with van der Waals surface area (Å²) in [6.45, 7) is 4.28. The van der Waals surface area contributed by atoms with Gasteiger partial charge in [0.2, 0.25) is 5.95 Å². The van der Waals surface area contributed by atoms with Crippen LogP contribution in [0.4, 0.5) is 17.5 Å². The molecule has 0 bridgehead atoms. The van der Waals surface area contributed by atoms with Gasteiger partial charge in [-0.2, -0.15) is 4.98 Å². The lowest BCUT2D eigenvalue weighted by Crippen LogP contribution is -2.23. The molecule has 1 aliphatic rings. The molecule has 3 N–H and O–H groups in total. The zero-order valence-electron chi connectivity index (χ0n) is 17.5. The van der Waals surface area contributed by atoms with Crippen LogP contribution in [-0.2, 0) is 19.5 Å². The fourth-order valence-electron chi connectivity index (χ4n) is 3.97. The van der Waals surface area contributed by atoms with Crippen LogP contribution in [0.2, 0.25) is 0 Å². The van der Waals surface area contributed by atoms with E-state index in [4.69, 9.17) is 0 Å². The highest BCUT2D eigenvalue weighted by atomic mass is 16.1. The van der Waals surface area contributed by atoms with E-state index in [0.717, 1.165) is 25.2 Å². The molecule has 4 heterocycles. The largest absolute Gasteiger partial charge is 0.373 e. The fourth-order valence-corrected chi connectivity index (χ4v) is 3.97. The van der Waals surface area contributed by atoms with E-state index in [-0.39, 0.29) is 5.56 Å². The molecule has 0 spiro atoms. The van der Waals surface area contributed by atoms with Crippen molar-refractivity contribution in [2.75, 3.05) is 24.2 Å². The predicted octanol–water partition coefficient (Wildman–Crippen LogP) is 2.43. The average molecular weight is 416 g/mol. The van der Waals surface area contributed by atoms with Gasteiger partial charge < -0.3 is 16.0 Å². The molecule has 0 saturated carbocycles. The Bertz CT molecular complexity index is 1320. The maximum atomic E-state index is 12.9. The van der Waals surface area contributed by atoms with E-state index in [0.29, 0.717) is 35.2 Å². The zero-order valence-corrected chi connectivity index (χ0v) is 17.5. The minimum atomic E-state index is -0.138. The van der Waals surface area contributed by atoms with E-state index in [1.165, 1.54) is 11.1 Å². The van der Waals surface area contributed by atoms with Crippen LogP contribution in [0, 0.1) is 0 Å². The number of anilines is 3. The smallest absolute Gasteiger partial charge is 0.278 e. The highest BCUT2D eigenvalue weighted by Gasteiger charge is 2.18. The molecule has 31 heavy (non-hydrogen) atoms. The van der Waals surface area contributed by atoms with Gasteiger partial charge in [0, 0.05) is 32.0 Å². The number of hydrogen-bond acceptors (Lipinski definition) is 7. The molecule has 0 saturated heterocycles. The normalized spacial score (nSPS) is 13.2. The Morgan fingerprint density at radius 2 is 2.06 bits per heavy atom. The number of fused-ring (bicyclic) bond motifs is 2. The minimum absolute atomic E-state index is 0.138. The number of pyridine rings is 1. The quantitative estimate of drug-likeness (QED) is 0.459. The van der Waals surface area contributed by atoms with Crippen molar-refractivity contribution in [3.63, 3.8) is 0 Å². The Balaban J connectivity index is 1.59. The third-order valence-electron chi connectivity index (χ3n) is 5.53. The average Bonchev–Trinajstić information content (AvgIpc) is 3.10. The van der Waals surface area contributed by atoms with Gasteiger partial charge in [0.25, 0.3) is 5.56 Å². The van der Waals surface area contributed by atoms with Gasteiger partial charge in [-0.25, -0.2) is 19.3 Å². The third-order valence-corrected chi connectivity index (χ3v) is 5.53. The molecule has 1 aromatic carbocycles. The Hall–Kier alpha value is -3.72. The van der Waals surface area contributed by atoms with E-state index in [1.54, 1.807) is 15.6 Å². The highest BCUT2D eigenvalue weighted by molar-refractivity contribution is 5.77. The number of aromatic nitrogens is 5. The van der Waals surface area contributed by atoms with Crippen LogP contribution >= 0.6 is 0 Å². The summed E-state index contributed by atoms with van der Waals surface area (Å²) >= 11 is 0. The Morgan fingerprint density at radius 1 is 1.16 bits per heavy atom. The van der Waals surface area contributed by atoms with Gasteiger partial charge in [0.15, 0.2) is 11.5 Å². The van der Waals surface area contributed by atoms with Crippen LogP contribution in [0.1, 0.15) is 18.1 Å². The van der Waals surface area contributed by atoms with Crippen LogP contribution in [0.15, 0.2) is 47.4 Å². The van der Waals surface area contributed by atoms with Gasteiger partial charge in [0.1, 0.15) is 11.2 Å². The van der Waals surface area contributed by atoms with Crippen molar-refractivity contribution in [3.8, 4) is 5.82 Å². The Kier molecular flexibility index (Phi) is 4.87. The summed E-state index contributed by atoms with van der Waals surface area (Å²) in [6.07, 6.45) is 2.62. The molecular formula is C22H24N8O. The summed E-state index contributed by atoms with van der Waals surface area (Å²) in [6, 6.07) is 11.9. The number of hydrogen-bond donors (Lipinski definition) is 3. The first-order chi connectivity index (χ1) is 15.2. The van der Waals surface area contributed by atoms with Gasteiger partial charge in [-0.3, -0.25) is 4.79 Å². The molecule has 9 heteroatoms. The number of benzene rings is 1. The van der Waals surface area contributed by atoms with E-state index >= 15 is 0 Å². The van der Waals surface area contributed by atoms with Crippen LogP contribution in [0.25, 0.3) is 16.9 Å². The standard InChI is InChI=1S/C22H24N8O/c1-3-29-21(31)17-13-25-22(26-16-8-7-14-9-10-24-12-15(14)11-16)28-20(17)30(29)19-6-4-5-18(23-2)27-19/h4-8,11,13,24H,3,9-10,12H2,1-2H3,(H,23,27)(H,25,26,28). The maximum Gasteiger partial charge on any atom is 0.278 e. The van der Waals surface area contributed by atoms with Crippen molar-refractivity contribution in [2.24, 2.45) is 0 Å². The Morgan fingerprint density at radius 3 is 2.90 bits per heavy atom. The Labute approximate surface area is 179 Å². The molecule has 5 rings (SSSR count). The van der Waals surface area contributed by atoms with Crippen molar-refractivity contribution < 1.29 is 0 Å². The van der Waals surface area contributed by atoms with Crippen LogP contribution in [0.3, 0.4) is 0 Å². The first-order valence-electron chi connectivity index (χ1n) is 10.4. The molecule has 0 fully saturated rings. The highest BCUT2D eigenvalue weighted by Crippen LogP contribution is 2.22. The summed E-state index contributed by atoms with van der Waals surface area (Å²) in [5.74, 6) is 1.76. The maximum absolute atomic E-state index is 12.9. The van der Waals surface area contributed by atoms with Crippen molar-refractivity contribution in [1.82, 2.24) is 29.6 Å². The molecule has 3 aromatic heterocycles. The van der Waals surface area contributed by atoms with E-state index in [1.807, 2.05) is 38.2 Å². The number of nitrogens with one attached hydrogen (secondary N) is 3. The van der Waals surface area contributed by atoms with Gasteiger partial charge in [-0.05, 0) is 55.3 Å². The second-order valence-electron chi connectivity index (χ2n) is 7.43. The molecule has 9 nitrogen and oxygen atoms in total. The molecule has 4 aromatic rings. The third kappa shape index (κ3) is 3.42. The van der Waals surface area contributed by atoms with Gasteiger partial charge >= 0.3 is 0 Å². The number of nitrogens with zero attached hydrogens (tertiary/aromatic N) is 5. The molecule has 158 valence electrons. The molecule has 1 aliphatic heterocycles. The van der Waals surface area contributed by atoms with Crippen LogP contribution in [0.5, 0.6) is 0 Å². The summed E-state index contributed by atoms with van der Waals surface area (Å²) < 4.78 is 3.37. The van der Waals surface area contributed by atoms with Crippen molar-refractivity contribution in [3.05, 3.63) is 64.1 Å². The first-order valence-corrected chi connectivity index (χ1v) is 10.4. The summed E-state index contributed by atoms with van der Waals surface area (Å²) in [5, 5.41) is 10.2. The molecule has 0 atom stereocenters. The lowest BCUT2D eigenvalue weighted by Gasteiger charge is -2.18. The van der Waals surface area contributed by atoms with E-state index in [2.05, 4.69) is 43.0 Å². The van der Waals surface area contributed by atoms with Crippen LogP contribution < -0.4 is 21.5 Å². The fraction of sp³-hybridized carbons (Fsp3) is 0.273. The molecule has 0 radical (unpaired) electrons. The van der Waals surface area contributed by atoms with Gasteiger partial charge in [-0.1, -0.05) is 12.1 Å². The second-order valence-corrected chi connectivity index (χ2v) is 7.43. The lowest BCUT2D eigenvalue weighted by atomic mass is 10.0. The molecule has 0 amide bonds. The monoisotopic (exact) mass is 416 g/mol.